The molecule has 0 saturated carbocycles. The van der Waals surface area contributed by atoms with Crippen LogP contribution in [0, 0.1) is 5.82 Å². The molecule has 0 spiro atoms. The average molecular weight is 348 g/mol. The molecule has 0 radical (unpaired) electrons. The maximum Gasteiger partial charge on any atom is 0.234 e. The van der Waals surface area contributed by atoms with Crippen LogP contribution in [0.3, 0.4) is 0 Å². The molecule has 2 N–H and O–H groups in total. The minimum absolute atomic E-state index is 0.0909. The SMILES string of the molecule is O=C(CN1CCC[C@H](O)C1)N[C@H](c1ccc(F)cc1)c1cccs1. The second kappa shape index (κ2) is 7.88. The summed E-state index contributed by atoms with van der Waals surface area (Å²) in [5, 5.41) is 14.7. The number of hydrogen-bond acceptors (Lipinski definition) is 4. The number of β-amino-alcohol motifs (C(OH)–C–C–N with tert-alkyl or cyclic N) is 1. The topological polar surface area (TPSA) is 52.6 Å². The Labute approximate surface area is 144 Å². The summed E-state index contributed by atoms with van der Waals surface area (Å²) in [5.41, 5.74) is 0.853. The summed E-state index contributed by atoms with van der Waals surface area (Å²) in [6, 6.07) is 9.82. The molecule has 0 bridgehead atoms. The first kappa shape index (κ1) is 17.1. The molecule has 1 aromatic carbocycles. The maximum absolute atomic E-state index is 13.2. The van der Waals surface area contributed by atoms with Gasteiger partial charge in [-0.3, -0.25) is 9.69 Å². The quantitative estimate of drug-likeness (QED) is 0.873. The third kappa shape index (κ3) is 4.41. The Balaban J connectivity index is 1.70. The van der Waals surface area contributed by atoms with E-state index in [9.17, 15) is 14.3 Å². The van der Waals surface area contributed by atoms with Gasteiger partial charge in [-0.15, -0.1) is 11.3 Å². The van der Waals surface area contributed by atoms with E-state index in [1.807, 2.05) is 22.4 Å². The lowest BCUT2D eigenvalue weighted by Gasteiger charge is -2.30. The summed E-state index contributed by atoms with van der Waals surface area (Å²) >= 11 is 1.56. The highest BCUT2D eigenvalue weighted by molar-refractivity contribution is 7.10. The van der Waals surface area contributed by atoms with Gasteiger partial charge >= 0.3 is 0 Å². The first-order chi connectivity index (χ1) is 11.6. The maximum atomic E-state index is 13.2. The number of nitrogens with one attached hydrogen (secondary N) is 1. The number of halogens is 1. The van der Waals surface area contributed by atoms with Crippen LogP contribution in [0.5, 0.6) is 0 Å². The van der Waals surface area contributed by atoms with Crippen molar-refractivity contribution in [2.24, 2.45) is 0 Å². The highest BCUT2D eigenvalue weighted by Gasteiger charge is 2.22. The smallest absolute Gasteiger partial charge is 0.234 e. The number of benzene rings is 1. The fraction of sp³-hybridized carbons (Fsp3) is 0.389. The van der Waals surface area contributed by atoms with Crippen molar-refractivity contribution in [3.8, 4) is 0 Å². The van der Waals surface area contributed by atoms with Crippen molar-refractivity contribution >= 4 is 17.2 Å². The van der Waals surface area contributed by atoms with Gasteiger partial charge in [0, 0.05) is 11.4 Å². The van der Waals surface area contributed by atoms with Crippen LogP contribution >= 0.6 is 11.3 Å². The second-order valence-corrected chi connectivity index (χ2v) is 7.08. The minimum Gasteiger partial charge on any atom is -0.392 e. The lowest BCUT2D eigenvalue weighted by molar-refractivity contribution is -0.123. The molecule has 1 saturated heterocycles. The van der Waals surface area contributed by atoms with Crippen molar-refractivity contribution in [3.05, 3.63) is 58.0 Å². The molecule has 4 nitrogen and oxygen atoms in total. The third-order valence-electron chi connectivity index (χ3n) is 4.18. The van der Waals surface area contributed by atoms with Crippen molar-refractivity contribution in [2.75, 3.05) is 19.6 Å². The van der Waals surface area contributed by atoms with E-state index in [0.29, 0.717) is 6.54 Å². The Morgan fingerprint density at radius 1 is 1.38 bits per heavy atom. The van der Waals surface area contributed by atoms with Gasteiger partial charge in [-0.2, -0.15) is 0 Å². The minimum atomic E-state index is -0.350. The predicted molar refractivity (Wildman–Crippen MR) is 92.4 cm³/mol. The number of aliphatic hydroxyl groups is 1. The zero-order valence-electron chi connectivity index (χ0n) is 13.3. The summed E-state index contributed by atoms with van der Waals surface area (Å²) in [5.74, 6) is -0.385. The Kier molecular flexibility index (Phi) is 5.60. The molecule has 3 rings (SSSR count). The van der Waals surface area contributed by atoms with Gasteiger partial charge < -0.3 is 10.4 Å². The highest BCUT2D eigenvalue weighted by atomic mass is 32.1. The number of likely N-dealkylation sites (tertiary alicyclic amines) is 1. The van der Waals surface area contributed by atoms with E-state index in [1.54, 1.807) is 23.5 Å². The zero-order valence-corrected chi connectivity index (χ0v) is 14.1. The molecule has 2 atom stereocenters. The van der Waals surface area contributed by atoms with E-state index in [1.165, 1.54) is 12.1 Å². The van der Waals surface area contributed by atoms with Crippen LogP contribution in [0.1, 0.15) is 29.3 Å². The standard InChI is InChI=1S/C18H21FN2O2S/c19-14-7-5-13(6-8-14)18(16-4-2-10-24-16)20-17(23)12-21-9-1-3-15(22)11-21/h2,4-8,10,15,18,22H,1,3,9,11-12H2,(H,20,23)/t15-,18+/m0/s1. The van der Waals surface area contributed by atoms with E-state index in [4.69, 9.17) is 0 Å². The number of nitrogens with zero attached hydrogens (tertiary/aromatic N) is 1. The molecule has 2 heterocycles. The van der Waals surface area contributed by atoms with E-state index in [-0.39, 0.29) is 30.4 Å². The summed E-state index contributed by atoms with van der Waals surface area (Å²) in [6.07, 6.45) is 1.35. The van der Waals surface area contributed by atoms with Crippen LogP contribution in [0.15, 0.2) is 41.8 Å². The van der Waals surface area contributed by atoms with E-state index in [0.717, 1.165) is 29.8 Å². The average Bonchev–Trinajstić information content (AvgIpc) is 3.08. The number of carbonyl (C=O) groups is 1. The van der Waals surface area contributed by atoms with E-state index >= 15 is 0 Å². The molecule has 6 heteroatoms. The lowest BCUT2D eigenvalue weighted by Crippen LogP contribution is -2.44. The summed E-state index contributed by atoms with van der Waals surface area (Å²) in [6.45, 7) is 1.62. The second-order valence-electron chi connectivity index (χ2n) is 6.10. The molecule has 1 aromatic heterocycles. The van der Waals surface area contributed by atoms with Crippen LogP contribution in [0.2, 0.25) is 0 Å². The first-order valence-electron chi connectivity index (χ1n) is 8.10. The first-order valence-corrected chi connectivity index (χ1v) is 8.98. The molecule has 1 aliphatic heterocycles. The number of carbonyl (C=O) groups excluding carboxylic acids is 1. The molecule has 2 aromatic rings. The molecule has 1 fully saturated rings. The number of rotatable bonds is 5. The van der Waals surface area contributed by atoms with Gasteiger partial charge in [0.15, 0.2) is 0 Å². The van der Waals surface area contributed by atoms with E-state index in [2.05, 4.69) is 5.32 Å². The Morgan fingerprint density at radius 2 is 2.17 bits per heavy atom. The molecule has 1 aliphatic rings. The van der Waals surface area contributed by atoms with Crippen molar-refractivity contribution in [1.29, 1.82) is 0 Å². The number of aliphatic hydroxyl groups excluding tert-OH is 1. The third-order valence-corrected chi connectivity index (χ3v) is 5.12. The molecular weight excluding hydrogens is 327 g/mol. The van der Waals surface area contributed by atoms with Gasteiger partial charge in [-0.05, 0) is 48.5 Å². The molecule has 0 unspecified atom stereocenters. The fourth-order valence-corrected chi connectivity index (χ4v) is 3.82. The van der Waals surface area contributed by atoms with Crippen molar-refractivity contribution in [3.63, 3.8) is 0 Å². The van der Waals surface area contributed by atoms with Crippen LogP contribution in [0.4, 0.5) is 4.39 Å². The number of piperidine rings is 1. The van der Waals surface area contributed by atoms with E-state index < -0.39 is 0 Å². The largest absolute Gasteiger partial charge is 0.392 e. The van der Waals surface area contributed by atoms with Crippen LogP contribution in [0.25, 0.3) is 0 Å². The van der Waals surface area contributed by atoms with Gasteiger partial charge in [0.05, 0.1) is 18.7 Å². The Morgan fingerprint density at radius 3 is 2.83 bits per heavy atom. The molecule has 128 valence electrons. The molecule has 0 aliphatic carbocycles. The molecule has 1 amide bonds. The number of hydrogen-bond donors (Lipinski definition) is 2. The van der Waals surface area contributed by atoms with Crippen molar-refractivity contribution in [1.82, 2.24) is 10.2 Å². The summed E-state index contributed by atoms with van der Waals surface area (Å²) in [4.78, 5) is 15.4. The van der Waals surface area contributed by atoms with Gasteiger partial charge in [-0.1, -0.05) is 18.2 Å². The zero-order chi connectivity index (χ0) is 16.9. The van der Waals surface area contributed by atoms with Gasteiger partial charge in [-0.25, -0.2) is 4.39 Å². The van der Waals surface area contributed by atoms with Crippen molar-refractivity contribution < 1.29 is 14.3 Å². The normalized spacial score (nSPS) is 19.8. The number of thiophene rings is 1. The van der Waals surface area contributed by atoms with Crippen molar-refractivity contribution in [2.45, 2.75) is 25.0 Å². The summed E-state index contributed by atoms with van der Waals surface area (Å²) < 4.78 is 13.2. The lowest BCUT2D eigenvalue weighted by atomic mass is 10.0. The fourth-order valence-electron chi connectivity index (χ4n) is 3.01. The number of amides is 1. The predicted octanol–water partition coefficient (Wildman–Crippen LogP) is 2.55. The Bertz CT molecular complexity index is 660. The van der Waals surface area contributed by atoms with Crippen LogP contribution in [-0.4, -0.2) is 41.7 Å². The van der Waals surface area contributed by atoms with Gasteiger partial charge in [0.1, 0.15) is 5.82 Å². The monoisotopic (exact) mass is 348 g/mol. The van der Waals surface area contributed by atoms with Crippen LogP contribution in [-0.2, 0) is 4.79 Å². The molecule has 24 heavy (non-hydrogen) atoms. The molecular formula is C18H21FN2O2S. The van der Waals surface area contributed by atoms with Gasteiger partial charge in [0.25, 0.3) is 0 Å². The Hall–Kier alpha value is -1.76. The highest BCUT2D eigenvalue weighted by Crippen LogP contribution is 2.26. The summed E-state index contributed by atoms with van der Waals surface area (Å²) in [7, 11) is 0. The van der Waals surface area contributed by atoms with Crippen LogP contribution < -0.4 is 5.32 Å². The van der Waals surface area contributed by atoms with Gasteiger partial charge in [0.2, 0.25) is 5.91 Å².